The molecule has 0 aromatic rings. The molecule has 0 fully saturated rings. The fraction of sp³-hybridized carbons (Fsp3) is 0.791. The van der Waals surface area contributed by atoms with E-state index >= 15 is 0 Å². The van der Waals surface area contributed by atoms with Crippen LogP contribution in [0.3, 0.4) is 0 Å². The highest BCUT2D eigenvalue weighted by molar-refractivity contribution is 7.45. The van der Waals surface area contributed by atoms with Crippen molar-refractivity contribution in [1.82, 2.24) is 5.32 Å². The summed E-state index contributed by atoms with van der Waals surface area (Å²) in [5.41, 5.74) is 0. The second kappa shape index (κ2) is 56.7. The number of hydrogen-bond acceptors (Lipinski definition) is 7. The number of allylic oxidation sites excluding steroid dienone is 11. The van der Waals surface area contributed by atoms with Gasteiger partial charge in [-0.05, 0) is 102 Å². The first-order chi connectivity index (χ1) is 37.4. The van der Waals surface area contributed by atoms with E-state index in [0.717, 1.165) is 83.5 Å². The van der Waals surface area contributed by atoms with Crippen LogP contribution in [0.25, 0.3) is 0 Å². The first-order valence-corrected chi connectivity index (χ1v) is 33.7. The molecule has 9 nitrogen and oxygen atoms in total. The monoisotopic (exact) mass is 1100 g/mol. The maximum Gasteiger partial charge on any atom is 0.306 e. The Kier molecular flexibility index (Phi) is 54.8. The number of carbonyl (C=O) groups is 2. The number of esters is 1. The summed E-state index contributed by atoms with van der Waals surface area (Å²) in [6, 6.07) is -0.903. The van der Waals surface area contributed by atoms with Crippen molar-refractivity contribution in [2.75, 3.05) is 40.9 Å². The first kappa shape index (κ1) is 74.5. The number of amides is 1. The predicted molar refractivity (Wildman–Crippen MR) is 330 cm³/mol. The van der Waals surface area contributed by atoms with Crippen LogP contribution in [0.2, 0.25) is 0 Å². The number of nitrogens with one attached hydrogen (secondary N) is 1. The summed E-state index contributed by atoms with van der Waals surface area (Å²) in [5.74, 6) is -0.564. The Morgan fingerprint density at radius 1 is 0.455 bits per heavy atom. The highest BCUT2D eigenvalue weighted by Crippen LogP contribution is 2.38. The molecule has 448 valence electrons. The molecule has 0 aromatic carbocycles. The molecule has 77 heavy (non-hydrogen) atoms. The van der Waals surface area contributed by atoms with Gasteiger partial charge in [0, 0.05) is 12.8 Å². The molecule has 10 heteroatoms. The van der Waals surface area contributed by atoms with E-state index in [0.29, 0.717) is 17.4 Å². The third kappa shape index (κ3) is 57.9. The second-order valence-corrected chi connectivity index (χ2v) is 24.3. The Hall–Kier alpha value is -2.55. The van der Waals surface area contributed by atoms with Gasteiger partial charge in [0.25, 0.3) is 7.82 Å². The standard InChI is InChI=1S/C67H123N2O7P/c1-7-10-13-16-19-22-25-28-30-32-33-34-35-37-39-42-45-48-51-54-57-60-67(71)76-65(58-55-52-49-46-43-40-27-24-21-18-15-12-9-3)64(63-75-77(72,73)74-62-61-69(4,5)6)68-66(70)59-56-53-50-47-44-41-38-36-31-29-26-23-20-17-14-11-8-2/h19-20,22-23,28-31,38,41,55,58,64-65H,7-18,21,24-27,32-37,39-40,42-54,56-57,59-63H2,1-6H3,(H-,68,70,72,73)/b22-19-,23-20-,30-28-,31-29-,41-38-,58-55+. The van der Waals surface area contributed by atoms with Gasteiger partial charge in [-0.25, -0.2) is 0 Å². The molecule has 3 unspecified atom stereocenters. The zero-order chi connectivity index (χ0) is 56.4. The fourth-order valence-corrected chi connectivity index (χ4v) is 9.81. The number of ether oxygens (including phenoxy) is 1. The molecular formula is C67H123N2O7P. The fourth-order valence-electron chi connectivity index (χ4n) is 9.09. The number of nitrogens with zero attached hydrogens (tertiary/aromatic N) is 1. The summed E-state index contributed by atoms with van der Waals surface area (Å²) >= 11 is 0. The van der Waals surface area contributed by atoms with Gasteiger partial charge in [0.1, 0.15) is 19.3 Å². The Bertz CT molecular complexity index is 1550. The number of phosphoric acid groups is 1. The first-order valence-electron chi connectivity index (χ1n) is 32.2. The van der Waals surface area contributed by atoms with Crippen LogP contribution in [0.15, 0.2) is 72.9 Å². The van der Waals surface area contributed by atoms with E-state index in [1.165, 1.54) is 167 Å². The summed E-state index contributed by atoms with van der Waals surface area (Å²) in [5, 5.41) is 3.02. The molecule has 3 atom stereocenters. The van der Waals surface area contributed by atoms with Gasteiger partial charge in [0.2, 0.25) is 5.91 Å². The van der Waals surface area contributed by atoms with E-state index in [9.17, 15) is 19.0 Å². The van der Waals surface area contributed by atoms with Crippen molar-refractivity contribution in [3.05, 3.63) is 72.9 Å². The predicted octanol–water partition coefficient (Wildman–Crippen LogP) is 19.4. The number of rotatable bonds is 58. The number of hydrogen-bond donors (Lipinski definition) is 1. The zero-order valence-electron chi connectivity index (χ0n) is 51.2. The van der Waals surface area contributed by atoms with Gasteiger partial charge in [0.15, 0.2) is 0 Å². The van der Waals surface area contributed by atoms with Crippen molar-refractivity contribution in [3.63, 3.8) is 0 Å². The molecule has 0 radical (unpaired) electrons. The van der Waals surface area contributed by atoms with Crippen LogP contribution in [0.1, 0.15) is 290 Å². The highest BCUT2D eigenvalue weighted by atomic mass is 31.2. The van der Waals surface area contributed by atoms with E-state index in [1.54, 1.807) is 0 Å². The van der Waals surface area contributed by atoms with Gasteiger partial charge >= 0.3 is 5.97 Å². The van der Waals surface area contributed by atoms with Crippen LogP contribution < -0.4 is 10.2 Å². The number of unbranched alkanes of at least 4 members (excludes halogenated alkanes) is 32. The Balaban J connectivity index is 5.27. The van der Waals surface area contributed by atoms with Crippen molar-refractivity contribution in [2.24, 2.45) is 0 Å². The molecule has 0 aliphatic carbocycles. The van der Waals surface area contributed by atoms with Crippen LogP contribution in [0.5, 0.6) is 0 Å². The van der Waals surface area contributed by atoms with Gasteiger partial charge in [0.05, 0.1) is 33.8 Å². The van der Waals surface area contributed by atoms with E-state index < -0.39 is 26.6 Å². The van der Waals surface area contributed by atoms with Crippen LogP contribution in [-0.2, 0) is 27.9 Å². The molecule has 0 heterocycles. The van der Waals surface area contributed by atoms with E-state index in [2.05, 4.69) is 86.8 Å². The Labute approximate surface area is 476 Å². The minimum Gasteiger partial charge on any atom is -0.756 e. The lowest BCUT2D eigenvalue weighted by atomic mass is 10.0. The van der Waals surface area contributed by atoms with E-state index in [4.69, 9.17) is 13.8 Å². The molecule has 1 N–H and O–H groups in total. The van der Waals surface area contributed by atoms with Gasteiger partial charge in [-0.2, -0.15) is 0 Å². The quantitative estimate of drug-likeness (QED) is 0.0212. The number of quaternary nitrogens is 1. The van der Waals surface area contributed by atoms with E-state index in [-0.39, 0.29) is 31.3 Å². The Morgan fingerprint density at radius 2 is 0.792 bits per heavy atom. The number of phosphoric ester groups is 1. The summed E-state index contributed by atoms with van der Waals surface area (Å²) in [7, 11) is 1.17. The molecule has 0 bridgehead atoms. The highest BCUT2D eigenvalue weighted by Gasteiger charge is 2.27. The van der Waals surface area contributed by atoms with Crippen molar-refractivity contribution >= 4 is 19.7 Å². The van der Waals surface area contributed by atoms with Gasteiger partial charge in [-0.1, -0.05) is 248 Å². The molecule has 0 aliphatic rings. The van der Waals surface area contributed by atoms with Crippen LogP contribution in [0.4, 0.5) is 0 Å². The molecule has 0 aliphatic heterocycles. The van der Waals surface area contributed by atoms with Gasteiger partial charge < -0.3 is 28.5 Å². The maximum absolute atomic E-state index is 13.5. The molecule has 0 spiro atoms. The topological polar surface area (TPSA) is 114 Å². The summed E-state index contributed by atoms with van der Waals surface area (Å²) in [4.78, 5) is 40.0. The number of carbonyl (C=O) groups excluding carboxylic acids is 2. The average Bonchev–Trinajstić information content (AvgIpc) is 3.39. The molecule has 0 aromatic heterocycles. The van der Waals surface area contributed by atoms with Crippen molar-refractivity contribution in [1.29, 1.82) is 0 Å². The lowest BCUT2D eigenvalue weighted by Gasteiger charge is -2.30. The van der Waals surface area contributed by atoms with Gasteiger partial charge in [-0.15, -0.1) is 0 Å². The second-order valence-electron chi connectivity index (χ2n) is 22.9. The summed E-state index contributed by atoms with van der Waals surface area (Å²) < 4.78 is 30.3. The summed E-state index contributed by atoms with van der Waals surface area (Å²) in [6.45, 7) is 6.79. The lowest BCUT2D eigenvalue weighted by molar-refractivity contribution is -0.870. The Morgan fingerprint density at radius 3 is 1.21 bits per heavy atom. The van der Waals surface area contributed by atoms with Crippen LogP contribution in [0, 0.1) is 0 Å². The van der Waals surface area contributed by atoms with Crippen molar-refractivity contribution in [2.45, 2.75) is 303 Å². The number of likely N-dealkylation sites (N-methyl/N-ethyl adjacent to an activating group) is 1. The largest absolute Gasteiger partial charge is 0.756 e. The SMILES string of the molecule is CCCCC/C=C\C/C=C\C/C=C\CCCCCCC(=O)NC(COP(=O)([O-])OCC[N+](C)(C)C)C(/C=C/CCCCCCCCCCCCC)OC(=O)CCCCCCCCCCCCC/C=C\C/C=C\CCCCC. The van der Waals surface area contributed by atoms with Crippen molar-refractivity contribution in [3.8, 4) is 0 Å². The zero-order valence-corrected chi connectivity index (χ0v) is 52.0. The normalized spacial score (nSPS) is 14.1. The van der Waals surface area contributed by atoms with Crippen LogP contribution >= 0.6 is 7.82 Å². The third-order valence-electron chi connectivity index (χ3n) is 14.1. The van der Waals surface area contributed by atoms with E-state index in [1.807, 2.05) is 33.3 Å². The minimum atomic E-state index is -4.71. The molecule has 0 saturated carbocycles. The average molecular weight is 1100 g/mol. The molecular weight excluding hydrogens is 976 g/mol. The molecule has 0 saturated heterocycles. The van der Waals surface area contributed by atoms with Gasteiger partial charge in [-0.3, -0.25) is 14.2 Å². The third-order valence-corrected chi connectivity index (χ3v) is 15.1. The maximum atomic E-state index is 13.5. The smallest absolute Gasteiger partial charge is 0.306 e. The minimum absolute atomic E-state index is 0.0290. The summed E-state index contributed by atoms with van der Waals surface area (Å²) in [6.07, 6.45) is 72.9. The molecule has 1 amide bonds. The lowest BCUT2D eigenvalue weighted by Crippen LogP contribution is -2.47. The van der Waals surface area contributed by atoms with Crippen molar-refractivity contribution < 1.29 is 37.3 Å². The molecule has 0 rings (SSSR count). The van der Waals surface area contributed by atoms with Crippen LogP contribution in [-0.4, -0.2) is 69.4 Å².